The average Bonchev–Trinajstić information content (AvgIpc) is 2.44. The van der Waals surface area contributed by atoms with Crippen molar-refractivity contribution in [3.05, 3.63) is 29.3 Å². The van der Waals surface area contributed by atoms with Crippen molar-refractivity contribution in [2.24, 2.45) is 5.41 Å². The third kappa shape index (κ3) is 3.27. The third-order valence-corrected chi connectivity index (χ3v) is 5.11. The van der Waals surface area contributed by atoms with Gasteiger partial charge < -0.3 is 4.90 Å². The number of benzene rings is 1. The molecule has 0 atom stereocenters. The van der Waals surface area contributed by atoms with E-state index in [1.54, 1.807) is 17.0 Å². The van der Waals surface area contributed by atoms with Crippen LogP contribution in [0.2, 0.25) is 0 Å². The summed E-state index contributed by atoms with van der Waals surface area (Å²) in [6, 6.07) is 5.13. The van der Waals surface area contributed by atoms with E-state index in [4.69, 9.17) is 0 Å². The lowest BCUT2D eigenvalue weighted by Gasteiger charge is -2.33. The molecule has 1 aliphatic rings. The lowest BCUT2D eigenvalue weighted by molar-refractivity contribution is -0.140. The molecule has 0 aliphatic carbocycles. The molecule has 6 heteroatoms. The molecular formula is C15H22N2O3S. The quantitative estimate of drug-likeness (QED) is 0.901. The van der Waals surface area contributed by atoms with Crippen molar-refractivity contribution in [1.82, 2.24) is 9.62 Å². The Labute approximate surface area is 126 Å². The minimum absolute atomic E-state index is 0.0926. The van der Waals surface area contributed by atoms with Crippen LogP contribution in [0.1, 0.15) is 31.9 Å². The molecule has 0 saturated carbocycles. The van der Waals surface area contributed by atoms with Gasteiger partial charge in [-0.3, -0.25) is 4.79 Å². The van der Waals surface area contributed by atoms with Crippen molar-refractivity contribution in [3.63, 3.8) is 0 Å². The van der Waals surface area contributed by atoms with Crippen molar-refractivity contribution >= 4 is 15.9 Å². The molecule has 116 valence electrons. The van der Waals surface area contributed by atoms with Crippen LogP contribution in [0.5, 0.6) is 0 Å². The Morgan fingerprint density at radius 2 is 1.90 bits per heavy atom. The van der Waals surface area contributed by atoms with E-state index in [-0.39, 0.29) is 10.8 Å². The maximum atomic E-state index is 12.4. The highest BCUT2D eigenvalue weighted by atomic mass is 32.2. The summed E-state index contributed by atoms with van der Waals surface area (Å²) in [7, 11) is -2.06. The summed E-state index contributed by atoms with van der Waals surface area (Å²) in [4.78, 5) is 14.4. The van der Waals surface area contributed by atoms with E-state index in [0.29, 0.717) is 13.1 Å². The minimum atomic E-state index is -3.45. The summed E-state index contributed by atoms with van der Waals surface area (Å²) < 4.78 is 26.1. The highest BCUT2D eigenvalue weighted by Crippen LogP contribution is 2.26. The van der Waals surface area contributed by atoms with Gasteiger partial charge in [0, 0.05) is 18.5 Å². The smallest absolute Gasteiger partial charge is 0.240 e. The fourth-order valence-corrected chi connectivity index (χ4v) is 3.25. The molecule has 0 radical (unpaired) electrons. The van der Waals surface area contributed by atoms with E-state index in [1.165, 1.54) is 7.05 Å². The molecule has 1 amide bonds. The Bertz CT molecular complexity index is 660. The molecule has 1 N–H and O–H groups in total. The molecule has 5 nitrogen and oxygen atoms in total. The van der Waals surface area contributed by atoms with Crippen LogP contribution in [0.25, 0.3) is 0 Å². The lowest BCUT2D eigenvalue weighted by atomic mass is 9.92. The molecule has 2 rings (SSSR count). The molecule has 0 fully saturated rings. The van der Waals surface area contributed by atoms with E-state index in [2.05, 4.69) is 4.72 Å². The van der Waals surface area contributed by atoms with Crippen LogP contribution in [0, 0.1) is 5.41 Å². The van der Waals surface area contributed by atoms with E-state index >= 15 is 0 Å². The average molecular weight is 310 g/mol. The highest BCUT2D eigenvalue weighted by molar-refractivity contribution is 7.89. The zero-order chi connectivity index (χ0) is 15.8. The molecule has 1 aromatic carbocycles. The Morgan fingerprint density at radius 1 is 1.24 bits per heavy atom. The van der Waals surface area contributed by atoms with Crippen LogP contribution in [0.4, 0.5) is 0 Å². The molecular weight excluding hydrogens is 288 g/mol. The zero-order valence-corrected chi connectivity index (χ0v) is 13.8. The summed E-state index contributed by atoms with van der Waals surface area (Å²) in [5.74, 6) is 0.0926. The number of nitrogens with zero attached hydrogens (tertiary/aromatic N) is 1. The standard InChI is InChI=1S/C15H22N2O3S/c1-15(2,3)14(18)17-8-7-11-5-6-13(9-12(11)10-17)21(19,20)16-4/h5-6,9,16H,7-8,10H2,1-4H3. The number of carbonyl (C=O) groups excluding carboxylic acids is 1. The van der Waals surface area contributed by atoms with Crippen molar-refractivity contribution < 1.29 is 13.2 Å². The lowest BCUT2D eigenvalue weighted by Crippen LogP contribution is -2.42. The topological polar surface area (TPSA) is 66.5 Å². The first-order chi connectivity index (χ1) is 9.65. The van der Waals surface area contributed by atoms with Gasteiger partial charge in [-0.25, -0.2) is 13.1 Å². The molecule has 0 aromatic heterocycles. The number of amides is 1. The molecule has 1 aliphatic heterocycles. The number of hydrogen-bond acceptors (Lipinski definition) is 3. The van der Waals surface area contributed by atoms with E-state index in [0.717, 1.165) is 17.5 Å². The maximum absolute atomic E-state index is 12.4. The SMILES string of the molecule is CNS(=O)(=O)c1ccc2c(c1)CN(C(=O)C(C)(C)C)CC2. The summed E-state index contributed by atoms with van der Waals surface area (Å²) >= 11 is 0. The number of hydrogen-bond donors (Lipinski definition) is 1. The van der Waals surface area contributed by atoms with Gasteiger partial charge in [-0.05, 0) is 36.7 Å². The summed E-state index contributed by atoms with van der Waals surface area (Å²) in [5, 5.41) is 0. The number of fused-ring (bicyclic) bond motifs is 1. The monoisotopic (exact) mass is 310 g/mol. The number of rotatable bonds is 2. The normalized spacial score (nSPS) is 15.7. The van der Waals surface area contributed by atoms with Crippen LogP contribution in [0.15, 0.2) is 23.1 Å². The van der Waals surface area contributed by atoms with Gasteiger partial charge >= 0.3 is 0 Å². The van der Waals surface area contributed by atoms with Crippen molar-refractivity contribution in [1.29, 1.82) is 0 Å². The van der Waals surface area contributed by atoms with Gasteiger partial charge in [-0.2, -0.15) is 0 Å². The summed E-state index contributed by atoms with van der Waals surface area (Å²) in [6.07, 6.45) is 0.761. The molecule has 0 bridgehead atoms. The first kappa shape index (κ1) is 16.0. The predicted octanol–water partition coefficient (Wildman–Crippen LogP) is 1.53. The predicted molar refractivity (Wildman–Crippen MR) is 81.3 cm³/mol. The maximum Gasteiger partial charge on any atom is 0.240 e. The second-order valence-corrected chi connectivity index (χ2v) is 8.25. The van der Waals surface area contributed by atoms with Crippen molar-refractivity contribution in [3.8, 4) is 0 Å². The second kappa shape index (κ2) is 5.42. The molecule has 1 aromatic rings. The molecule has 1 heterocycles. The van der Waals surface area contributed by atoms with Gasteiger partial charge in [-0.1, -0.05) is 26.8 Å². The Kier molecular flexibility index (Phi) is 4.13. The first-order valence-corrected chi connectivity index (χ1v) is 8.48. The molecule has 21 heavy (non-hydrogen) atoms. The largest absolute Gasteiger partial charge is 0.338 e. The second-order valence-electron chi connectivity index (χ2n) is 6.36. The molecule has 0 saturated heterocycles. The summed E-state index contributed by atoms with van der Waals surface area (Å²) in [6.45, 7) is 6.84. The Balaban J connectivity index is 2.32. The molecule has 0 unspecified atom stereocenters. The fourth-order valence-electron chi connectivity index (χ4n) is 2.47. The number of sulfonamides is 1. The van der Waals surface area contributed by atoms with E-state index in [1.807, 2.05) is 26.8 Å². The number of carbonyl (C=O) groups is 1. The molecule has 0 spiro atoms. The Hall–Kier alpha value is -1.40. The van der Waals surface area contributed by atoms with Gasteiger partial charge in [0.2, 0.25) is 15.9 Å². The van der Waals surface area contributed by atoms with Gasteiger partial charge in [0.1, 0.15) is 0 Å². The van der Waals surface area contributed by atoms with Crippen molar-refractivity contribution in [2.75, 3.05) is 13.6 Å². The van der Waals surface area contributed by atoms with Crippen LogP contribution in [-0.4, -0.2) is 32.8 Å². The van der Waals surface area contributed by atoms with Crippen molar-refractivity contribution in [2.45, 2.75) is 38.6 Å². The van der Waals surface area contributed by atoms with Gasteiger partial charge in [0.15, 0.2) is 0 Å². The van der Waals surface area contributed by atoms with Crippen LogP contribution in [0.3, 0.4) is 0 Å². The minimum Gasteiger partial charge on any atom is -0.338 e. The fraction of sp³-hybridized carbons (Fsp3) is 0.533. The van der Waals surface area contributed by atoms with E-state index < -0.39 is 15.4 Å². The van der Waals surface area contributed by atoms with Crippen LogP contribution < -0.4 is 4.72 Å². The van der Waals surface area contributed by atoms with Crippen LogP contribution >= 0.6 is 0 Å². The first-order valence-electron chi connectivity index (χ1n) is 7.00. The van der Waals surface area contributed by atoms with E-state index in [9.17, 15) is 13.2 Å². The summed E-state index contributed by atoms with van der Waals surface area (Å²) in [5.41, 5.74) is 1.60. The van der Waals surface area contributed by atoms with Crippen LogP contribution in [-0.2, 0) is 27.8 Å². The third-order valence-electron chi connectivity index (χ3n) is 3.70. The zero-order valence-electron chi connectivity index (χ0n) is 12.9. The van der Waals surface area contributed by atoms with Gasteiger partial charge in [-0.15, -0.1) is 0 Å². The Morgan fingerprint density at radius 3 is 2.48 bits per heavy atom. The van der Waals surface area contributed by atoms with Gasteiger partial charge in [0.25, 0.3) is 0 Å². The number of nitrogens with one attached hydrogen (secondary N) is 1. The van der Waals surface area contributed by atoms with Gasteiger partial charge in [0.05, 0.1) is 4.90 Å². The highest BCUT2D eigenvalue weighted by Gasteiger charge is 2.30.